The molecule has 0 aliphatic carbocycles. The van der Waals surface area contributed by atoms with Gasteiger partial charge >= 0.3 is 6.09 Å². The molecule has 1 aliphatic rings. The first-order valence-corrected chi connectivity index (χ1v) is 12.9. The van der Waals surface area contributed by atoms with Crippen molar-refractivity contribution in [3.63, 3.8) is 0 Å². The van der Waals surface area contributed by atoms with E-state index in [1.807, 2.05) is 62.1 Å². The van der Waals surface area contributed by atoms with E-state index in [-0.39, 0.29) is 5.91 Å². The van der Waals surface area contributed by atoms with Gasteiger partial charge in [-0.05, 0) is 68.8 Å². The molecule has 2 heterocycles. The number of aromatic amines is 1. The Morgan fingerprint density at radius 2 is 1.84 bits per heavy atom. The second kappa shape index (κ2) is 9.81. The zero-order chi connectivity index (χ0) is 26.2. The fourth-order valence-corrected chi connectivity index (χ4v) is 4.79. The molecule has 0 unspecified atom stereocenters. The molecule has 0 atom stereocenters. The second-order valence-corrected chi connectivity index (χ2v) is 10.4. The predicted octanol–water partition coefficient (Wildman–Crippen LogP) is 7.05. The van der Waals surface area contributed by atoms with Crippen LogP contribution in [0.25, 0.3) is 21.7 Å². The zero-order valence-corrected chi connectivity index (χ0v) is 21.8. The molecule has 0 spiro atoms. The third-order valence-electron chi connectivity index (χ3n) is 6.47. The number of amides is 2. The minimum absolute atomic E-state index is 0.0913. The Labute approximate surface area is 216 Å². The maximum Gasteiger partial charge on any atom is 0.412 e. The highest BCUT2D eigenvalue weighted by atomic mass is 16.6. The number of nitrogens with zero attached hydrogens (tertiary/aromatic N) is 1. The van der Waals surface area contributed by atoms with Crippen molar-refractivity contribution >= 4 is 45.1 Å². The average molecular weight is 500 g/mol. The highest BCUT2D eigenvalue weighted by molar-refractivity contribution is 6.11. The lowest BCUT2D eigenvalue weighted by Crippen LogP contribution is -2.29. The molecule has 4 aromatic rings. The van der Waals surface area contributed by atoms with Crippen LogP contribution in [0.15, 0.2) is 54.6 Å². The Kier molecular flexibility index (Phi) is 6.54. The van der Waals surface area contributed by atoms with Crippen molar-refractivity contribution in [2.24, 2.45) is 0 Å². The van der Waals surface area contributed by atoms with Gasteiger partial charge in [-0.3, -0.25) is 10.1 Å². The summed E-state index contributed by atoms with van der Waals surface area (Å²) in [6.45, 7) is 8.85. The molecule has 2 amide bonds. The number of fused-ring (bicyclic) bond motifs is 4. The van der Waals surface area contributed by atoms with Crippen LogP contribution in [0, 0.1) is 0 Å². The number of carbonyl (C=O) groups excluding carboxylic acids is 2. The summed E-state index contributed by atoms with van der Waals surface area (Å²) >= 11 is 0. The summed E-state index contributed by atoms with van der Waals surface area (Å²) in [5, 5.41) is 5.81. The molecular weight excluding hydrogens is 466 g/mol. The Morgan fingerprint density at radius 3 is 2.59 bits per heavy atom. The number of ether oxygens (including phenoxy) is 2. The summed E-state index contributed by atoms with van der Waals surface area (Å²) in [7, 11) is 0. The SMILES string of the molecule is CCCCOc1cc2c(c3ccccc13)CCN2C(=O)c1cc2cc(NC(=O)OC(C)(C)C)ccc2[nH]1. The van der Waals surface area contributed by atoms with E-state index >= 15 is 0 Å². The van der Waals surface area contributed by atoms with Crippen LogP contribution >= 0.6 is 0 Å². The van der Waals surface area contributed by atoms with E-state index in [2.05, 4.69) is 29.4 Å². The molecular formula is C30H33N3O4. The summed E-state index contributed by atoms with van der Waals surface area (Å²) < 4.78 is 11.5. The maximum absolute atomic E-state index is 13.7. The quantitative estimate of drug-likeness (QED) is 0.279. The van der Waals surface area contributed by atoms with Crippen molar-refractivity contribution in [2.45, 2.75) is 52.6 Å². The standard InChI is InChI=1S/C30H33N3O4/c1-5-6-15-36-27-18-26-22(21-9-7-8-10-23(21)27)13-14-33(26)28(34)25-17-19-16-20(11-12-24(19)32-25)31-29(35)37-30(2,3)4/h7-12,16-18,32H,5-6,13-15H2,1-4H3,(H,31,35). The largest absolute Gasteiger partial charge is 0.493 e. The molecule has 7 heteroatoms. The van der Waals surface area contributed by atoms with E-state index < -0.39 is 11.7 Å². The van der Waals surface area contributed by atoms with Crippen LogP contribution in [0.4, 0.5) is 16.2 Å². The Morgan fingerprint density at radius 1 is 1.05 bits per heavy atom. The van der Waals surface area contributed by atoms with E-state index in [4.69, 9.17) is 9.47 Å². The molecule has 192 valence electrons. The third kappa shape index (κ3) is 5.12. The molecule has 1 aromatic heterocycles. The zero-order valence-electron chi connectivity index (χ0n) is 21.8. The van der Waals surface area contributed by atoms with Gasteiger partial charge < -0.3 is 19.4 Å². The van der Waals surface area contributed by atoms with E-state index in [0.29, 0.717) is 24.5 Å². The molecule has 2 N–H and O–H groups in total. The molecule has 0 fully saturated rings. The summed E-state index contributed by atoms with van der Waals surface area (Å²) in [5.41, 5.74) is 3.41. The lowest BCUT2D eigenvalue weighted by molar-refractivity contribution is 0.0635. The molecule has 0 saturated carbocycles. The number of H-pyrrole nitrogens is 1. The number of hydrogen-bond donors (Lipinski definition) is 2. The van der Waals surface area contributed by atoms with Gasteiger partial charge in [0.05, 0.1) is 12.3 Å². The number of anilines is 2. The van der Waals surface area contributed by atoms with E-state index in [0.717, 1.165) is 52.4 Å². The van der Waals surface area contributed by atoms with Gasteiger partial charge in [0.2, 0.25) is 0 Å². The van der Waals surface area contributed by atoms with Crippen LogP contribution in [-0.2, 0) is 11.2 Å². The van der Waals surface area contributed by atoms with Gasteiger partial charge in [0.25, 0.3) is 5.91 Å². The van der Waals surface area contributed by atoms with E-state index in [1.54, 1.807) is 6.07 Å². The van der Waals surface area contributed by atoms with Crippen molar-refractivity contribution in [2.75, 3.05) is 23.4 Å². The fourth-order valence-electron chi connectivity index (χ4n) is 4.79. The van der Waals surface area contributed by atoms with Gasteiger partial charge in [-0.25, -0.2) is 4.79 Å². The monoisotopic (exact) mass is 499 g/mol. The highest BCUT2D eigenvalue weighted by Gasteiger charge is 2.29. The minimum atomic E-state index is -0.583. The van der Waals surface area contributed by atoms with Gasteiger partial charge in [0.15, 0.2) is 0 Å². The van der Waals surface area contributed by atoms with Crippen LogP contribution in [0.5, 0.6) is 5.75 Å². The fraction of sp³-hybridized carbons (Fsp3) is 0.333. The smallest absolute Gasteiger partial charge is 0.412 e. The molecule has 1 aliphatic heterocycles. The molecule has 0 bridgehead atoms. The third-order valence-corrected chi connectivity index (χ3v) is 6.47. The van der Waals surface area contributed by atoms with Crippen LogP contribution in [0.1, 0.15) is 56.6 Å². The number of rotatable bonds is 6. The topological polar surface area (TPSA) is 83.7 Å². The summed E-state index contributed by atoms with van der Waals surface area (Å²) in [5.74, 6) is 0.725. The lowest BCUT2D eigenvalue weighted by Gasteiger charge is -2.19. The molecule has 37 heavy (non-hydrogen) atoms. The number of nitrogens with one attached hydrogen (secondary N) is 2. The predicted molar refractivity (Wildman–Crippen MR) is 148 cm³/mol. The number of aromatic nitrogens is 1. The minimum Gasteiger partial charge on any atom is -0.493 e. The Bertz CT molecular complexity index is 1480. The number of benzene rings is 3. The molecule has 3 aromatic carbocycles. The van der Waals surface area contributed by atoms with Crippen molar-refractivity contribution in [1.82, 2.24) is 4.98 Å². The second-order valence-electron chi connectivity index (χ2n) is 10.4. The van der Waals surface area contributed by atoms with Crippen LogP contribution in [0.2, 0.25) is 0 Å². The molecule has 0 saturated heterocycles. The number of carbonyl (C=O) groups is 2. The highest BCUT2D eigenvalue weighted by Crippen LogP contribution is 2.40. The van der Waals surface area contributed by atoms with Crippen LogP contribution < -0.4 is 15.0 Å². The summed E-state index contributed by atoms with van der Waals surface area (Å²) in [4.78, 5) is 30.9. The average Bonchev–Trinajstić information content (AvgIpc) is 3.47. The summed E-state index contributed by atoms with van der Waals surface area (Å²) in [6.07, 6.45) is 2.31. The van der Waals surface area contributed by atoms with Gasteiger partial charge in [-0.15, -0.1) is 0 Å². The van der Waals surface area contributed by atoms with Crippen molar-refractivity contribution in [3.8, 4) is 5.75 Å². The van der Waals surface area contributed by atoms with Gasteiger partial charge in [-0.2, -0.15) is 0 Å². The normalized spacial score (nSPS) is 13.1. The Hall–Kier alpha value is -4.00. The van der Waals surface area contributed by atoms with Crippen molar-refractivity contribution in [3.05, 3.63) is 65.9 Å². The lowest BCUT2D eigenvalue weighted by atomic mass is 10.0. The first-order valence-electron chi connectivity index (χ1n) is 12.9. The molecule has 7 nitrogen and oxygen atoms in total. The van der Waals surface area contributed by atoms with Crippen LogP contribution in [0.3, 0.4) is 0 Å². The van der Waals surface area contributed by atoms with Gasteiger partial charge in [-0.1, -0.05) is 37.6 Å². The first kappa shape index (κ1) is 24.7. The van der Waals surface area contributed by atoms with Gasteiger partial charge in [0.1, 0.15) is 17.0 Å². The molecule has 5 rings (SSSR count). The number of unbranched alkanes of at least 4 members (excludes halogenated alkanes) is 1. The first-order chi connectivity index (χ1) is 17.7. The van der Waals surface area contributed by atoms with Gasteiger partial charge in [0, 0.05) is 34.6 Å². The van der Waals surface area contributed by atoms with E-state index in [9.17, 15) is 9.59 Å². The van der Waals surface area contributed by atoms with E-state index in [1.165, 1.54) is 5.56 Å². The summed E-state index contributed by atoms with van der Waals surface area (Å²) in [6, 6.07) is 17.6. The Balaban J connectivity index is 1.42. The van der Waals surface area contributed by atoms with Crippen LogP contribution in [-0.4, -0.2) is 35.7 Å². The van der Waals surface area contributed by atoms with Crippen molar-refractivity contribution < 1.29 is 19.1 Å². The maximum atomic E-state index is 13.7. The van der Waals surface area contributed by atoms with Crippen molar-refractivity contribution in [1.29, 1.82) is 0 Å². The molecule has 0 radical (unpaired) electrons. The number of hydrogen-bond acceptors (Lipinski definition) is 4.